The van der Waals surface area contributed by atoms with Gasteiger partial charge in [-0.15, -0.1) is 24.8 Å². The fraction of sp³-hybridized carbons (Fsp3) is 0.364. The van der Waals surface area contributed by atoms with E-state index in [1.807, 2.05) is 18.2 Å². The Morgan fingerprint density at radius 3 is 2.25 bits per heavy atom. The quantitative estimate of drug-likeness (QED) is 0.749. The van der Waals surface area contributed by atoms with Gasteiger partial charge in [-0.2, -0.15) is 0 Å². The molecule has 0 unspecified atom stereocenters. The topological polar surface area (TPSA) is 9.23 Å². The van der Waals surface area contributed by atoms with Gasteiger partial charge >= 0.3 is 91.3 Å². The first-order chi connectivity index (χ1) is 6.39. The summed E-state index contributed by atoms with van der Waals surface area (Å²) in [7, 11) is 0. The number of hydrogen-bond acceptors (Lipinski definition) is 1. The second-order valence-corrected chi connectivity index (χ2v) is 5.66. The van der Waals surface area contributed by atoms with Gasteiger partial charge in [0.2, 0.25) is 0 Å². The van der Waals surface area contributed by atoms with Gasteiger partial charge in [0, 0.05) is 0 Å². The Balaban J connectivity index is 0. The zero-order valence-corrected chi connectivity index (χ0v) is 12.8. The minimum absolute atomic E-state index is 0. The van der Waals surface area contributed by atoms with E-state index >= 15 is 0 Å². The van der Waals surface area contributed by atoms with E-state index in [4.69, 9.17) is 3.32 Å². The van der Waals surface area contributed by atoms with Crippen molar-refractivity contribution in [2.45, 2.75) is 26.2 Å². The monoisotopic (exact) mass is 302 g/mol. The normalized spacial score (nSPS) is 9.75. The Labute approximate surface area is 116 Å². The van der Waals surface area contributed by atoms with Crippen molar-refractivity contribution < 1.29 is 24.7 Å². The number of halogens is 3. The Bertz CT molecular complexity index is 350. The Hall–Kier alpha value is 0.114. The van der Waals surface area contributed by atoms with Crippen LogP contribution in [0.2, 0.25) is 0 Å². The molecule has 0 spiro atoms. The molecule has 0 aliphatic heterocycles. The molecule has 1 nitrogen and oxygen atoms in total. The Morgan fingerprint density at radius 2 is 1.81 bits per heavy atom. The van der Waals surface area contributed by atoms with E-state index in [9.17, 15) is 3.09 Å². The van der Waals surface area contributed by atoms with Crippen molar-refractivity contribution in [1.29, 1.82) is 0 Å². The molecule has 0 fully saturated rings. The molecule has 0 aromatic heterocycles. The van der Waals surface area contributed by atoms with Gasteiger partial charge in [-0.1, -0.05) is 0 Å². The van der Waals surface area contributed by atoms with E-state index < -0.39 is 18.3 Å². The summed E-state index contributed by atoms with van der Waals surface area (Å²) in [5.74, 6) is 0.602. The zero-order valence-electron chi connectivity index (χ0n) is 9.62. The van der Waals surface area contributed by atoms with Crippen molar-refractivity contribution in [3.05, 3.63) is 29.8 Å². The van der Waals surface area contributed by atoms with Crippen LogP contribution in [-0.2, 0) is 23.7 Å². The van der Waals surface area contributed by atoms with Crippen molar-refractivity contribution >= 4 is 29.6 Å². The average Bonchev–Trinajstić information content (AvgIpc) is 2.01. The van der Waals surface area contributed by atoms with Crippen LogP contribution in [0.25, 0.3) is 0 Å². The molecular weight excluding hydrogens is 286 g/mol. The maximum atomic E-state index is 12.6. The molecule has 0 saturated heterocycles. The molecule has 16 heavy (non-hydrogen) atoms. The van der Waals surface area contributed by atoms with Crippen LogP contribution >= 0.6 is 24.8 Å². The standard InChI is InChI=1S/C10H14O.CH2.2ClH.FH.Ti/c1-10(2,3)8-5-4-6-9(11)7-8;;;;;/h4-7,11H,1-3H3;1H2;3*1H;/q;;;;;+2/p-2. The van der Waals surface area contributed by atoms with Gasteiger partial charge in [0.05, 0.1) is 0 Å². The molecule has 5 heteroatoms. The summed E-state index contributed by atoms with van der Waals surface area (Å²) >= 11 is -2.96. The van der Waals surface area contributed by atoms with Gasteiger partial charge in [-0.3, -0.25) is 0 Å². The van der Waals surface area contributed by atoms with Gasteiger partial charge in [0.1, 0.15) is 0 Å². The average molecular weight is 303 g/mol. The van der Waals surface area contributed by atoms with Crippen molar-refractivity contribution in [2.75, 3.05) is 0 Å². The molecule has 0 atom stereocenters. The molecule has 1 rings (SSSR count). The summed E-state index contributed by atoms with van der Waals surface area (Å²) in [6.45, 7) is 6.34. The first-order valence-electron chi connectivity index (χ1n) is 4.52. The number of rotatable bonds is 2. The van der Waals surface area contributed by atoms with Gasteiger partial charge in [-0.25, -0.2) is 0 Å². The van der Waals surface area contributed by atoms with Crippen LogP contribution in [-0.4, -0.2) is 4.82 Å². The third-order valence-corrected chi connectivity index (χ3v) is 2.64. The van der Waals surface area contributed by atoms with Crippen molar-refractivity contribution in [1.82, 2.24) is 0 Å². The Morgan fingerprint density at radius 1 is 1.25 bits per heavy atom. The van der Waals surface area contributed by atoms with Crippen LogP contribution in [0.1, 0.15) is 26.3 Å². The third kappa shape index (κ3) is 6.00. The van der Waals surface area contributed by atoms with E-state index in [0.29, 0.717) is 5.75 Å². The predicted octanol–water partition coefficient (Wildman–Crippen LogP) is 4.06. The fourth-order valence-corrected chi connectivity index (χ4v) is 1.75. The van der Waals surface area contributed by atoms with Crippen molar-refractivity contribution in [2.24, 2.45) is 0 Å². The molecule has 0 amide bonds. The summed E-state index contributed by atoms with van der Waals surface area (Å²) in [6, 6.07) is 7.57. The zero-order chi connectivity index (χ0) is 10.8. The first-order valence-corrected chi connectivity index (χ1v) is 6.85. The van der Waals surface area contributed by atoms with E-state index in [-0.39, 0.29) is 30.2 Å². The first kappa shape index (κ1) is 18.5. The molecule has 1 aromatic rings. The van der Waals surface area contributed by atoms with E-state index in [0.717, 1.165) is 5.56 Å². The summed E-state index contributed by atoms with van der Waals surface area (Å²) < 4.78 is 17.7. The van der Waals surface area contributed by atoms with E-state index in [1.165, 1.54) is 0 Å². The van der Waals surface area contributed by atoms with Gasteiger partial charge in [0.25, 0.3) is 0 Å². The van der Waals surface area contributed by atoms with Crippen LogP contribution in [0, 0.1) is 0 Å². The molecule has 0 aliphatic carbocycles. The van der Waals surface area contributed by atoms with Crippen LogP contribution in [0.15, 0.2) is 24.3 Å². The second-order valence-electron chi connectivity index (χ2n) is 4.24. The summed E-state index contributed by atoms with van der Waals surface area (Å²) in [4.78, 5) is 3.30. The minimum atomic E-state index is -2.96. The predicted molar refractivity (Wildman–Crippen MR) is 68.5 cm³/mol. The van der Waals surface area contributed by atoms with Gasteiger partial charge in [0.15, 0.2) is 0 Å². The molecule has 1 aromatic carbocycles. The second kappa shape index (κ2) is 7.44. The van der Waals surface area contributed by atoms with Gasteiger partial charge < -0.3 is 0 Å². The molecule has 92 valence electrons. The number of hydrogen-bond donors (Lipinski definition) is 0. The van der Waals surface area contributed by atoms with Crippen LogP contribution in [0.5, 0.6) is 5.75 Å². The molecule has 0 saturated carbocycles. The molecule has 0 bridgehead atoms. The summed E-state index contributed by atoms with van der Waals surface area (Å²) in [6.07, 6.45) is 0. The van der Waals surface area contributed by atoms with E-state index in [2.05, 4.69) is 25.6 Å². The van der Waals surface area contributed by atoms with Gasteiger partial charge in [-0.05, 0) is 0 Å². The molecular formula is C11H17Cl2FOTi. The molecule has 0 N–H and O–H groups in total. The molecule has 0 heterocycles. The fourth-order valence-electron chi connectivity index (χ4n) is 1.15. The van der Waals surface area contributed by atoms with Crippen LogP contribution < -0.4 is 3.32 Å². The molecule has 0 aliphatic rings. The van der Waals surface area contributed by atoms with Crippen LogP contribution in [0.4, 0.5) is 3.09 Å². The molecule has 0 radical (unpaired) electrons. The summed E-state index contributed by atoms with van der Waals surface area (Å²) in [5.41, 5.74) is 1.21. The Kier molecular flexibility index (Phi) is 8.59. The SMILES string of the molecule is Cl.Cl.[CH2]=[Ti]([F])[O]c1cccc(C(C)(C)C)c1. The van der Waals surface area contributed by atoms with Crippen molar-refractivity contribution in [3.63, 3.8) is 0 Å². The number of benzene rings is 1. The third-order valence-electron chi connectivity index (χ3n) is 1.93. The van der Waals surface area contributed by atoms with Crippen LogP contribution in [0.3, 0.4) is 0 Å². The summed E-state index contributed by atoms with van der Waals surface area (Å²) in [5, 5.41) is 0. The van der Waals surface area contributed by atoms with E-state index in [1.54, 1.807) is 6.07 Å². The maximum absolute atomic E-state index is 12.6. The van der Waals surface area contributed by atoms with Crippen molar-refractivity contribution in [3.8, 4) is 5.75 Å².